The molecule has 0 bridgehead atoms. The normalized spacial score (nSPS) is 20.2. The van der Waals surface area contributed by atoms with E-state index in [-0.39, 0.29) is 35.3 Å². The predicted octanol–water partition coefficient (Wildman–Crippen LogP) is 1.61. The molecule has 23 heavy (non-hydrogen) atoms. The van der Waals surface area contributed by atoms with Crippen molar-refractivity contribution < 1.29 is 9.72 Å². The molecule has 0 aliphatic carbocycles. The minimum atomic E-state index is -0.546. The zero-order chi connectivity index (χ0) is 17.3. The number of nitrogens with zero attached hydrogens (tertiary/aromatic N) is 3. The van der Waals surface area contributed by atoms with Gasteiger partial charge in [0, 0.05) is 23.5 Å². The van der Waals surface area contributed by atoms with Gasteiger partial charge in [0.15, 0.2) is 0 Å². The van der Waals surface area contributed by atoms with Crippen LogP contribution in [0.1, 0.15) is 47.0 Å². The third-order valence-corrected chi connectivity index (χ3v) is 3.94. The molecule has 8 heteroatoms. The van der Waals surface area contributed by atoms with Gasteiger partial charge in [0.25, 0.3) is 0 Å². The molecule has 0 unspecified atom stereocenters. The SMILES string of the molecule is CC1(C)CC(NC(=O)CCn2ccc([N+](=O)[O-])n2)CC(C)(C)N1. The van der Waals surface area contributed by atoms with Gasteiger partial charge in [-0.2, -0.15) is 4.68 Å². The van der Waals surface area contributed by atoms with Gasteiger partial charge in [0.1, 0.15) is 0 Å². The highest BCUT2D eigenvalue weighted by atomic mass is 16.6. The maximum absolute atomic E-state index is 12.1. The molecule has 1 aromatic rings. The van der Waals surface area contributed by atoms with E-state index in [0.29, 0.717) is 6.54 Å². The van der Waals surface area contributed by atoms with E-state index in [4.69, 9.17) is 0 Å². The fourth-order valence-corrected chi connectivity index (χ4v) is 3.51. The number of rotatable bonds is 5. The van der Waals surface area contributed by atoms with E-state index < -0.39 is 4.92 Å². The van der Waals surface area contributed by atoms with Crippen LogP contribution in [0.4, 0.5) is 5.82 Å². The first-order valence-electron chi connectivity index (χ1n) is 7.83. The number of carbonyl (C=O) groups excluding carboxylic acids is 1. The molecule has 0 spiro atoms. The molecule has 0 aromatic carbocycles. The van der Waals surface area contributed by atoms with Crippen LogP contribution in [-0.2, 0) is 11.3 Å². The minimum Gasteiger partial charge on any atom is -0.358 e. The Labute approximate surface area is 135 Å². The zero-order valence-corrected chi connectivity index (χ0v) is 14.1. The van der Waals surface area contributed by atoms with Crippen molar-refractivity contribution >= 4 is 11.7 Å². The lowest BCUT2D eigenvalue weighted by Crippen LogP contribution is -2.62. The Morgan fingerprint density at radius 3 is 2.57 bits per heavy atom. The average molecular weight is 323 g/mol. The third kappa shape index (κ3) is 5.02. The number of hydrogen-bond donors (Lipinski definition) is 2. The van der Waals surface area contributed by atoms with Crippen molar-refractivity contribution in [1.29, 1.82) is 0 Å². The monoisotopic (exact) mass is 323 g/mol. The number of nitrogens with one attached hydrogen (secondary N) is 2. The van der Waals surface area contributed by atoms with E-state index in [1.165, 1.54) is 16.9 Å². The number of piperidine rings is 1. The first kappa shape index (κ1) is 17.4. The topological polar surface area (TPSA) is 102 Å². The number of aromatic nitrogens is 2. The summed E-state index contributed by atoms with van der Waals surface area (Å²) in [5.41, 5.74) is -0.0510. The molecule has 1 aromatic heterocycles. The molecule has 2 N–H and O–H groups in total. The van der Waals surface area contributed by atoms with Gasteiger partial charge in [0.05, 0.1) is 23.9 Å². The van der Waals surface area contributed by atoms with Gasteiger partial charge >= 0.3 is 5.82 Å². The first-order chi connectivity index (χ1) is 10.6. The molecular formula is C15H25N5O3. The van der Waals surface area contributed by atoms with Gasteiger partial charge in [-0.05, 0) is 45.5 Å². The van der Waals surface area contributed by atoms with Crippen LogP contribution >= 0.6 is 0 Å². The van der Waals surface area contributed by atoms with Crippen LogP contribution in [0, 0.1) is 10.1 Å². The van der Waals surface area contributed by atoms with Gasteiger partial charge in [-0.25, -0.2) is 0 Å². The largest absolute Gasteiger partial charge is 0.389 e. The molecule has 1 aliphatic heterocycles. The van der Waals surface area contributed by atoms with E-state index in [1.54, 1.807) is 0 Å². The van der Waals surface area contributed by atoms with Crippen LogP contribution in [0.5, 0.6) is 0 Å². The van der Waals surface area contributed by atoms with Crippen molar-refractivity contribution in [2.75, 3.05) is 0 Å². The van der Waals surface area contributed by atoms with Crippen molar-refractivity contribution in [2.24, 2.45) is 0 Å². The summed E-state index contributed by atoms with van der Waals surface area (Å²) in [6, 6.07) is 1.45. The average Bonchev–Trinajstić information content (AvgIpc) is 2.81. The number of aryl methyl sites for hydroxylation is 1. The molecular weight excluding hydrogens is 298 g/mol. The maximum Gasteiger partial charge on any atom is 0.389 e. The summed E-state index contributed by atoms with van der Waals surface area (Å²) < 4.78 is 1.42. The second-order valence-corrected chi connectivity index (χ2v) is 7.51. The van der Waals surface area contributed by atoms with Crippen LogP contribution in [0.15, 0.2) is 12.3 Å². The van der Waals surface area contributed by atoms with Crippen LogP contribution < -0.4 is 10.6 Å². The van der Waals surface area contributed by atoms with Crippen molar-refractivity contribution in [3.63, 3.8) is 0 Å². The van der Waals surface area contributed by atoms with Crippen molar-refractivity contribution in [2.45, 2.75) is 70.6 Å². The molecule has 8 nitrogen and oxygen atoms in total. The molecule has 0 saturated carbocycles. The minimum absolute atomic E-state index is 0.0255. The second kappa shape index (κ2) is 6.27. The summed E-state index contributed by atoms with van der Waals surface area (Å²) in [5.74, 6) is -0.256. The van der Waals surface area contributed by atoms with Crippen LogP contribution in [-0.4, -0.2) is 37.7 Å². The van der Waals surface area contributed by atoms with E-state index in [9.17, 15) is 14.9 Å². The van der Waals surface area contributed by atoms with Gasteiger partial charge in [-0.3, -0.25) is 4.79 Å². The maximum atomic E-state index is 12.1. The first-order valence-corrected chi connectivity index (χ1v) is 7.83. The Morgan fingerprint density at radius 1 is 1.43 bits per heavy atom. The van der Waals surface area contributed by atoms with Gasteiger partial charge in [-0.1, -0.05) is 0 Å². The summed E-state index contributed by atoms with van der Waals surface area (Å²) in [5, 5.41) is 21.0. The molecule has 1 saturated heterocycles. The summed E-state index contributed by atoms with van der Waals surface area (Å²) in [6.45, 7) is 8.87. The molecule has 1 amide bonds. The van der Waals surface area contributed by atoms with Crippen molar-refractivity contribution in [1.82, 2.24) is 20.4 Å². The lowest BCUT2D eigenvalue weighted by molar-refractivity contribution is -0.389. The van der Waals surface area contributed by atoms with Crippen LogP contribution in [0.2, 0.25) is 0 Å². The zero-order valence-electron chi connectivity index (χ0n) is 14.1. The summed E-state index contributed by atoms with van der Waals surface area (Å²) in [7, 11) is 0. The van der Waals surface area contributed by atoms with E-state index >= 15 is 0 Å². The molecule has 128 valence electrons. The van der Waals surface area contributed by atoms with Gasteiger partial charge in [0.2, 0.25) is 5.91 Å². The highest BCUT2D eigenvalue weighted by Crippen LogP contribution is 2.28. The Bertz CT molecular complexity index is 578. The molecule has 0 atom stereocenters. The van der Waals surface area contributed by atoms with Crippen molar-refractivity contribution in [3.8, 4) is 0 Å². The second-order valence-electron chi connectivity index (χ2n) is 7.51. The molecule has 0 radical (unpaired) electrons. The third-order valence-electron chi connectivity index (χ3n) is 3.94. The molecule has 2 heterocycles. The smallest absolute Gasteiger partial charge is 0.358 e. The Morgan fingerprint density at radius 2 is 2.04 bits per heavy atom. The Kier molecular flexibility index (Phi) is 4.74. The Balaban J connectivity index is 1.85. The van der Waals surface area contributed by atoms with E-state index in [0.717, 1.165) is 12.8 Å². The molecule has 1 fully saturated rings. The Hall–Kier alpha value is -1.96. The highest BCUT2D eigenvalue weighted by Gasteiger charge is 2.38. The van der Waals surface area contributed by atoms with Gasteiger partial charge in [-0.15, -0.1) is 0 Å². The highest BCUT2D eigenvalue weighted by molar-refractivity contribution is 5.76. The lowest BCUT2D eigenvalue weighted by Gasteiger charge is -2.46. The fourth-order valence-electron chi connectivity index (χ4n) is 3.51. The van der Waals surface area contributed by atoms with E-state index in [1.807, 2.05) is 0 Å². The standard InChI is InChI=1S/C15H25N5O3/c1-14(2)9-11(10-15(3,4)18-14)16-13(21)6-8-19-7-5-12(17-19)20(22)23/h5,7,11,18H,6,8-10H2,1-4H3,(H,16,21). The number of hydrogen-bond acceptors (Lipinski definition) is 5. The summed E-state index contributed by atoms with van der Waals surface area (Å²) in [6.07, 6.45) is 3.51. The molecule has 1 aliphatic rings. The number of nitro groups is 1. The van der Waals surface area contributed by atoms with E-state index in [2.05, 4.69) is 43.4 Å². The number of carbonyl (C=O) groups is 1. The van der Waals surface area contributed by atoms with Gasteiger partial charge < -0.3 is 20.7 Å². The quantitative estimate of drug-likeness (QED) is 0.633. The lowest BCUT2D eigenvalue weighted by atomic mass is 9.79. The summed E-state index contributed by atoms with van der Waals surface area (Å²) >= 11 is 0. The fraction of sp³-hybridized carbons (Fsp3) is 0.733. The molecule has 2 rings (SSSR count). The van der Waals surface area contributed by atoms with Crippen molar-refractivity contribution in [3.05, 3.63) is 22.4 Å². The van der Waals surface area contributed by atoms with Crippen LogP contribution in [0.3, 0.4) is 0 Å². The number of amides is 1. The predicted molar refractivity (Wildman–Crippen MR) is 86.0 cm³/mol. The summed E-state index contributed by atoms with van der Waals surface area (Å²) in [4.78, 5) is 22.2. The van der Waals surface area contributed by atoms with Crippen LogP contribution in [0.25, 0.3) is 0 Å².